The zero-order chi connectivity index (χ0) is 14.9. The van der Waals surface area contributed by atoms with E-state index < -0.39 is 0 Å². The van der Waals surface area contributed by atoms with Crippen LogP contribution in [-0.2, 0) is 4.79 Å². The number of hydrogen-bond acceptors (Lipinski definition) is 4. The lowest BCUT2D eigenvalue weighted by molar-refractivity contribution is -0.131. The molecule has 1 fully saturated rings. The Hall–Kier alpha value is -1.59. The van der Waals surface area contributed by atoms with E-state index in [4.69, 9.17) is 9.84 Å². The Balaban J connectivity index is 1.70. The highest BCUT2D eigenvalue weighted by Crippen LogP contribution is 2.09. The van der Waals surface area contributed by atoms with Crippen LogP contribution in [0.2, 0.25) is 0 Å². The van der Waals surface area contributed by atoms with E-state index in [2.05, 4.69) is 4.90 Å². The van der Waals surface area contributed by atoms with Crippen molar-refractivity contribution in [3.63, 3.8) is 0 Å². The van der Waals surface area contributed by atoms with Crippen molar-refractivity contribution >= 4 is 5.91 Å². The average molecular weight is 292 g/mol. The summed E-state index contributed by atoms with van der Waals surface area (Å²) in [5, 5.41) is 8.97. The first-order valence-electron chi connectivity index (χ1n) is 7.58. The molecule has 0 radical (unpaired) electrons. The number of hydrogen-bond donors (Lipinski definition) is 1. The highest BCUT2D eigenvalue weighted by molar-refractivity contribution is 5.76. The lowest BCUT2D eigenvalue weighted by Gasteiger charge is -2.21. The van der Waals surface area contributed by atoms with Gasteiger partial charge in [-0.1, -0.05) is 18.2 Å². The number of rotatable bonds is 6. The summed E-state index contributed by atoms with van der Waals surface area (Å²) in [6, 6.07) is 9.56. The Labute approximate surface area is 126 Å². The number of β-amino-alcohol motifs (C(OH)–C–C–N with tert-alkyl or cyclic N) is 1. The van der Waals surface area contributed by atoms with Gasteiger partial charge in [0.25, 0.3) is 0 Å². The molecule has 1 heterocycles. The Kier molecular flexibility index (Phi) is 6.50. The van der Waals surface area contributed by atoms with Gasteiger partial charge in [-0.05, 0) is 25.1 Å². The molecule has 1 saturated heterocycles. The van der Waals surface area contributed by atoms with E-state index >= 15 is 0 Å². The van der Waals surface area contributed by atoms with Gasteiger partial charge in [0.2, 0.25) is 5.91 Å². The van der Waals surface area contributed by atoms with E-state index in [9.17, 15) is 4.79 Å². The van der Waals surface area contributed by atoms with Crippen LogP contribution >= 0.6 is 0 Å². The maximum atomic E-state index is 12.2. The third-order valence-corrected chi connectivity index (χ3v) is 3.69. The summed E-state index contributed by atoms with van der Waals surface area (Å²) in [4.78, 5) is 16.3. The number of carbonyl (C=O) groups excluding carboxylic acids is 1. The number of aliphatic hydroxyl groups is 1. The van der Waals surface area contributed by atoms with Crippen molar-refractivity contribution in [2.24, 2.45) is 0 Å². The lowest BCUT2D eigenvalue weighted by atomic mass is 10.3. The largest absolute Gasteiger partial charge is 0.493 e. The smallest absolute Gasteiger partial charge is 0.226 e. The lowest BCUT2D eigenvalue weighted by Crippen LogP contribution is -2.36. The van der Waals surface area contributed by atoms with Gasteiger partial charge in [-0.15, -0.1) is 0 Å². The maximum absolute atomic E-state index is 12.2. The second-order valence-corrected chi connectivity index (χ2v) is 5.21. The average Bonchev–Trinajstić information content (AvgIpc) is 2.74. The molecule has 0 aliphatic carbocycles. The second kappa shape index (κ2) is 8.64. The fourth-order valence-corrected chi connectivity index (χ4v) is 2.52. The summed E-state index contributed by atoms with van der Waals surface area (Å²) in [6.07, 6.45) is 1.38. The minimum atomic E-state index is 0.150. The molecule has 5 nitrogen and oxygen atoms in total. The SMILES string of the molecule is O=C(CCOc1ccccc1)N1CCCN(CCO)CC1. The molecule has 1 aromatic carbocycles. The van der Waals surface area contributed by atoms with Gasteiger partial charge in [0.05, 0.1) is 19.6 Å². The number of nitrogens with zero attached hydrogens (tertiary/aromatic N) is 2. The Morgan fingerprint density at radius 2 is 1.95 bits per heavy atom. The van der Waals surface area contributed by atoms with Crippen LogP contribution in [0.1, 0.15) is 12.8 Å². The highest BCUT2D eigenvalue weighted by Gasteiger charge is 2.18. The van der Waals surface area contributed by atoms with Gasteiger partial charge in [0, 0.05) is 26.2 Å². The normalized spacial score (nSPS) is 16.5. The molecule has 1 N–H and O–H groups in total. The summed E-state index contributed by atoms with van der Waals surface area (Å²) >= 11 is 0. The molecule has 21 heavy (non-hydrogen) atoms. The summed E-state index contributed by atoms with van der Waals surface area (Å²) in [6.45, 7) is 4.62. The molecule has 1 aliphatic heterocycles. The standard InChI is InChI=1S/C16H24N2O3/c19-13-12-17-8-4-9-18(11-10-17)16(20)7-14-21-15-5-2-1-3-6-15/h1-3,5-6,19H,4,7-14H2. The molecular weight excluding hydrogens is 268 g/mol. The van der Waals surface area contributed by atoms with Gasteiger partial charge in [-0.2, -0.15) is 0 Å². The predicted molar refractivity (Wildman–Crippen MR) is 81.3 cm³/mol. The Bertz CT molecular complexity index is 425. The number of aliphatic hydroxyl groups excluding tert-OH is 1. The first-order chi connectivity index (χ1) is 10.3. The number of ether oxygens (including phenoxy) is 1. The first kappa shape index (κ1) is 15.8. The first-order valence-corrected chi connectivity index (χ1v) is 7.58. The predicted octanol–water partition coefficient (Wildman–Crippen LogP) is 0.982. The van der Waals surface area contributed by atoms with Gasteiger partial charge >= 0.3 is 0 Å². The van der Waals surface area contributed by atoms with Crippen LogP contribution in [0.4, 0.5) is 0 Å². The van der Waals surface area contributed by atoms with Crippen molar-refractivity contribution in [3.8, 4) is 5.75 Å². The molecule has 1 aliphatic rings. The Morgan fingerprint density at radius 3 is 2.71 bits per heavy atom. The van der Waals surface area contributed by atoms with Gasteiger partial charge < -0.3 is 14.7 Å². The summed E-state index contributed by atoms with van der Waals surface area (Å²) in [5.41, 5.74) is 0. The summed E-state index contributed by atoms with van der Waals surface area (Å²) in [7, 11) is 0. The summed E-state index contributed by atoms with van der Waals surface area (Å²) in [5.74, 6) is 0.951. The third-order valence-electron chi connectivity index (χ3n) is 3.69. The molecule has 0 saturated carbocycles. The van der Waals surface area contributed by atoms with Crippen LogP contribution < -0.4 is 4.74 Å². The van der Waals surface area contributed by atoms with Gasteiger partial charge in [0.15, 0.2) is 0 Å². The van der Waals surface area contributed by atoms with E-state index in [1.807, 2.05) is 35.2 Å². The van der Waals surface area contributed by atoms with E-state index in [0.29, 0.717) is 19.6 Å². The van der Waals surface area contributed by atoms with Gasteiger partial charge in [-0.3, -0.25) is 9.69 Å². The van der Waals surface area contributed by atoms with Crippen molar-refractivity contribution in [2.75, 3.05) is 45.9 Å². The molecule has 0 unspecified atom stereocenters. The number of para-hydroxylation sites is 1. The Morgan fingerprint density at radius 1 is 1.14 bits per heavy atom. The van der Waals surface area contributed by atoms with Gasteiger partial charge in [0.1, 0.15) is 5.75 Å². The van der Waals surface area contributed by atoms with Crippen molar-refractivity contribution in [2.45, 2.75) is 12.8 Å². The topological polar surface area (TPSA) is 53.0 Å². The van der Waals surface area contributed by atoms with Crippen LogP contribution in [0.5, 0.6) is 5.75 Å². The van der Waals surface area contributed by atoms with Gasteiger partial charge in [-0.25, -0.2) is 0 Å². The molecule has 0 bridgehead atoms. The monoisotopic (exact) mass is 292 g/mol. The van der Waals surface area contributed by atoms with Crippen LogP contribution in [0.3, 0.4) is 0 Å². The van der Waals surface area contributed by atoms with Crippen molar-refractivity contribution < 1.29 is 14.6 Å². The quantitative estimate of drug-likeness (QED) is 0.849. The number of carbonyl (C=O) groups is 1. The fourth-order valence-electron chi connectivity index (χ4n) is 2.52. The van der Waals surface area contributed by atoms with E-state index in [0.717, 1.165) is 38.3 Å². The molecule has 0 atom stereocenters. The van der Waals surface area contributed by atoms with Crippen molar-refractivity contribution in [1.82, 2.24) is 9.80 Å². The number of benzene rings is 1. The maximum Gasteiger partial charge on any atom is 0.226 e. The van der Waals surface area contributed by atoms with Crippen LogP contribution in [0.15, 0.2) is 30.3 Å². The third kappa shape index (κ3) is 5.36. The second-order valence-electron chi connectivity index (χ2n) is 5.21. The van der Waals surface area contributed by atoms with Crippen LogP contribution in [0.25, 0.3) is 0 Å². The molecule has 0 aromatic heterocycles. The zero-order valence-electron chi connectivity index (χ0n) is 12.4. The van der Waals surface area contributed by atoms with E-state index in [1.165, 1.54) is 0 Å². The van der Waals surface area contributed by atoms with Crippen LogP contribution in [0, 0.1) is 0 Å². The van der Waals surface area contributed by atoms with Crippen molar-refractivity contribution in [1.29, 1.82) is 0 Å². The molecule has 1 aromatic rings. The zero-order valence-corrected chi connectivity index (χ0v) is 12.4. The fraction of sp³-hybridized carbons (Fsp3) is 0.562. The molecule has 2 rings (SSSR count). The van der Waals surface area contributed by atoms with E-state index in [1.54, 1.807) is 0 Å². The highest BCUT2D eigenvalue weighted by atomic mass is 16.5. The number of amides is 1. The molecule has 116 valence electrons. The minimum absolute atomic E-state index is 0.150. The van der Waals surface area contributed by atoms with Crippen LogP contribution in [-0.4, -0.2) is 66.8 Å². The molecule has 1 amide bonds. The van der Waals surface area contributed by atoms with Crippen molar-refractivity contribution in [3.05, 3.63) is 30.3 Å². The molecule has 0 spiro atoms. The minimum Gasteiger partial charge on any atom is -0.493 e. The molecule has 5 heteroatoms. The van der Waals surface area contributed by atoms with E-state index in [-0.39, 0.29) is 12.5 Å². The summed E-state index contributed by atoms with van der Waals surface area (Å²) < 4.78 is 5.57. The molecular formula is C16H24N2O3.